The van der Waals surface area contributed by atoms with E-state index in [1.807, 2.05) is 0 Å². The van der Waals surface area contributed by atoms with Gasteiger partial charge in [-0.3, -0.25) is 4.79 Å². The summed E-state index contributed by atoms with van der Waals surface area (Å²) in [6, 6.07) is 0.368. The van der Waals surface area contributed by atoms with Crippen LogP contribution in [0.2, 0.25) is 0 Å². The Labute approximate surface area is 91.3 Å². The van der Waals surface area contributed by atoms with Crippen molar-refractivity contribution >= 4 is 5.97 Å². The van der Waals surface area contributed by atoms with Gasteiger partial charge < -0.3 is 14.8 Å². The summed E-state index contributed by atoms with van der Waals surface area (Å²) in [7, 11) is 0. The molecule has 0 radical (unpaired) electrons. The van der Waals surface area contributed by atoms with Crippen molar-refractivity contribution in [3.8, 4) is 0 Å². The first-order valence-corrected chi connectivity index (χ1v) is 5.69. The quantitative estimate of drug-likeness (QED) is 0.670. The number of hydrogen-bond acceptors (Lipinski definition) is 4. The highest BCUT2D eigenvalue weighted by Gasteiger charge is 2.17. The smallest absolute Gasteiger partial charge is 0.319 e. The maximum atomic E-state index is 11.3. The number of rotatable bonds is 6. The summed E-state index contributed by atoms with van der Waals surface area (Å²) in [5.41, 5.74) is 0. The minimum atomic E-state index is -0.165. The lowest BCUT2D eigenvalue weighted by Gasteiger charge is -2.12. The van der Waals surface area contributed by atoms with Gasteiger partial charge in [-0.05, 0) is 19.8 Å². The molecule has 4 heteroatoms. The van der Waals surface area contributed by atoms with E-state index in [1.54, 1.807) is 0 Å². The van der Waals surface area contributed by atoms with E-state index in [0.29, 0.717) is 25.1 Å². The lowest BCUT2D eigenvalue weighted by molar-refractivity contribution is -0.144. The third-order valence-electron chi connectivity index (χ3n) is 2.71. The van der Waals surface area contributed by atoms with Crippen LogP contribution in [0.1, 0.15) is 26.7 Å². The second-order valence-electron chi connectivity index (χ2n) is 4.10. The van der Waals surface area contributed by atoms with Crippen LogP contribution < -0.4 is 5.32 Å². The van der Waals surface area contributed by atoms with Gasteiger partial charge in [0.15, 0.2) is 0 Å². The molecule has 88 valence electrons. The molecule has 0 aromatic heterocycles. The molecule has 1 rings (SSSR count). The van der Waals surface area contributed by atoms with Crippen molar-refractivity contribution in [1.29, 1.82) is 0 Å². The van der Waals surface area contributed by atoms with E-state index in [0.717, 1.165) is 26.1 Å². The number of ether oxygens (including phenoxy) is 2. The lowest BCUT2D eigenvalue weighted by atomic mass is 10.1. The van der Waals surface area contributed by atoms with Crippen LogP contribution in [0.15, 0.2) is 0 Å². The molecule has 1 fully saturated rings. The Morgan fingerprint density at radius 1 is 1.67 bits per heavy atom. The monoisotopic (exact) mass is 215 g/mol. The summed E-state index contributed by atoms with van der Waals surface area (Å²) >= 11 is 0. The van der Waals surface area contributed by atoms with Gasteiger partial charge in [0.1, 0.15) is 0 Å². The van der Waals surface area contributed by atoms with Crippen molar-refractivity contribution in [2.24, 2.45) is 5.92 Å². The Bertz CT molecular complexity index is 190. The van der Waals surface area contributed by atoms with Gasteiger partial charge in [0.2, 0.25) is 0 Å². The molecule has 0 saturated carbocycles. The number of carbonyl (C=O) groups excluding carboxylic acids is 1. The van der Waals surface area contributed by atoms with Gasteiger partial charge in [-0.15, -0.1) is 0 Å². The highest BCUT2D eigenvalue weighted by Crippen LogP contribution is 2.12. The molecule has 15 heavy (non-hydrogen) atoms. The highest BCUT2D eigenvalue weighted by molar-refractivity contribution is 5.71. The molecule has 0 aliphatic carbocycles. The fraction of sp³-hybridized carbons (Fsp3) is 0.909. The van der Waals surface area contributed by atoms with Gasteiger partial charge in [0.25, 0.3) is 0 Å². The van der Waals surface area contributed by atoms with Crippen molar-refractivity contribution in [2.75, 3.05) is 26.4 Å². The van der Waals surface area contributed by atoms with E-state index >= 15 is 0 Å². The zero-order valence-electron chi connectivity index (χ0n) is 9.62. The molecule has 4 nitrogen and oxygen atoms in total. The normalized spacial score (nSPS) is 22.7. The van der Waals surface area contributed by atoms with E-state index in [4.69, 9.17) is 9.47 Å². The average Bonchev–Trinajstić information content (AvgIpc) is 2.75. The second-order valence-corrected chi connectivity index (χ2v) is 4.10. The van der Waals surface area contributed by atoms with Crippen LogP contribution in [-0.4, -0.2) is 38.4 Å². The summed E-state index contributed by atoms with van der Waals surface area (Å²) in [6.45, 7) is 6.47. The Morgan fingerprint density at radius 2 is 2.47 bits per heavy atom. The van der Waals surface area contributed by atoms with E-state index in [9.17, 15) is 4.79 Å². The zero-order valence-corrected chi connectivity index (χ0v) is 9.62. The van der Waals surface area contributed by atoms with Gasteiger partial charge >= 0.3 is 5.97 Å². The van der Waals surface area contributed by atoms with Crippen molar-refractivity contribution in [3.63, 3.8) is 0 Å². The molecule has 0 spiro atoms. The Morgan fingerprint density at radius 3 is 3.07 bits per heavy atom. The number of hydrogen-bond donors (Lipinski definition) is 1. The molecule has 1 saturated heterocycles. The predicted molar refractivity (Wildman–Crippen MR) is 57.6 cm³/mol. The van der Waals surface area contributed by atoms with Gasteiger partial charge in [0.05, 0.1) is 19.8 Å². The van der Waals surface area contributed by atoms with Gasteiger partial charge in [0, 0.05) is 18.6 Å². The Kier molecular flexibility index (Phi) is 5.65. The summed E-state index contributed by atoms with van der Waals surface area (Å²) in [5.74, 6) is 0.236. The highest BCUT2D eigenvalue weighted by atomic mass is 16.5. The molecule has 1 aliphatic rings. The average molecular weight is 215 g/mol. The summed E-state index contributed by atoms with van der Waals surface area (Å²) in [5, 5.41) is 3.10. The molecule has 1 aliphatic heterocycles. The lowest BCUT2D eigenvalue weighted by Crippen LogP contribution is -2.32. The van der Waals surface area contributed by atoms with Crippen molar-refractivity contribution < 1.29 is 14.3 Å². The van der Waals surface area contributed by atoms with Crippen LogP contribution in [0.25, 0.3) is 0 Å². The number of nitrogens with one attached hydrogen (secondary N) is 1. The van der Waals surface area contributed by atoms with Crippen LogP contribution >= 0.6 is 0 Å². The van der Waals surface area contributed by atoms with Crippen LogP contribution in [0.3, 0.4) is 0 Å². The van der Waals surface area contributed by atoms with Gasteiger partial charge in [-0.1, -0.05) is 6.92 Å². The molecular weight excluding hydrogens is 194 g/mol. The zero-order chi connectivity index (χ0) is 11.1. The second kappa shape index (κ2) is 6.80. The van der Waals surface area contributed by atoms with Crippen LogP contribution in [-0.2, 0) is 14.3 Å². The van der Waals surface area contributed by atoms with E-state index in [1.165, 1.54) is 0 Å². The Hall–Kier alpha value is -0.610. The topological polar surface area (TPSA) is 47.6 Å². The van der Waals surface area contributed by atoms with E-state index < -0.39 is 0 Å². The van der Waals surface area contributed by atoms with E-state index in [2.05, 4.69) is 19.2 Å². The SMILES string of the molecule is CCC(C)NCC(=O)OCC1CCOC1. The minimum absolute atomic E-state index is 0.165. The first-order chi connectivity index (χ1) is 7.22. The van der Waals surface area contributed by atoms with Gasteiger partial charge in [-0.2, -0.15) is 0 Å². The molecule has 1 N–H and O–H groups in total. The minimum Gasteiger partial charge on any atom is -0.464 e. The molecule has 0 aromatic carbocycles. The van der Waals surface area contributed by atoms with Crippen LogP contribution in [0.5, 0.6) is 0 Å². The van der Waals surface area contributed by atoms with Crippen molar-refractivity contribution in [3.05, 3.63) is 0 Å². The third kappa shape index (κ3) is 5.14. The summed E-state index contributed by atoms with van der Waals surface area (Å²) in [4.78, 5) is 11.3. The molecule has 0 amide bonds. The molecule has 2 atom stereocenters. The fourth-order valence-electron chi connectivity index (χ4n) is 1.38. The maximum Gasteiger partial charge on any atom is 0.319 e. The van der Waals surface area contributed by atoms with Crippen LogP contribution in [0, 0.1) is 5.92 Å². The van der Waals surface area contributed by atoms with Crippen LogP contribution in [0.4, 0.5) is 0 Å². The Balaban J connectivity index is 2.02. The van der Waals surface area contributed by atoms with E-state index in [-0.39, 0.29) is 5.97 Å². The number of esters is 1. The number of carbonyl (C=O) groups is 1. The fourth-order valence-corrected chi connectivity index (χ4v) is 1.38. The molecular formula is C11H21NO3. The third-order valence-corrected chi connectivity index (χ3v) is 2.71. The summed E-state index contributed by atoms with van der Waals surface area (Å²) in [6.07, 6.45) is 2.02. The summed E-state index contributed by atoms with van der Waals surface area (Å²) < 4.78 is 10.3. The molecule has 1 heterocycles. The maximum absolute atomic E-state index is 11.3. The first-order valence-electron chi connectivity index (χ1n) is 5.69. The molecule has 0 bridgehead atoms. The van der Waals surface area contributed by atoms with Crippen molar-refractivity contribution in [2.45, 2.75) is 32.7 Å². The predicted octanol–water partition coefficient (Wildman–Crippen LogP) is 0.954. The van der Waals surface area contributed by atoms with Gasteiger partial charge in [-0.25, -0.2) is 0 Å². The molecule has 0 aromatic rings. The standard InChI is InChI=1S/C11H21NO3/c1-3-9(2)12-6-11(13)15-8-10-4-5-14-7-10/h9-10,12H,3-8H2,1-2H3. The largest absolute Gasteiger partial charge is 0.464 e. The first kappa shape index (κ1) is 12.5. The molecule has 2 unspecified atom stereocenters. The van der Waals surface area contributed by atoms with Crippen molar-refractivity contribution in [1.82, 2.24) is 5.32 Å².